The van der Waals surface area contributed by atoms with Crippen LogP contribution in [0.4, 0.5) is 5.13 Å². The fraction of sp³-hybridized carbons (Fsp3) is 0.211. The van der Waals surface area contributed by atoms with E-state index in [4.69, 9.17) is 21.3 Å². The van der Waals surface area contributed by atoms with Crippen LogP contribution in [0.25, 0.3) is 21.7 Å². The van der Waals surface area contributed by atoms with Crippen molar-refractivity contribution in [1.29, 1.82) is 0 Å². The van der Waals surface area contributed by atoms with Gasteiger partial charge >= 0.3 is 0 Å². The Bertz CT molecular complexity index is 817. The Morgan fingerprint density at radius 3 is 2.28 bits per heavy atom. The Morgan fingerprint density at radius 2 is 1.60 bits per heavy atom. The maximum atomic E-state index is 6.05. The fourth-order valence-corrected chi connectivity index (χ4v) is 4.21. The van der Waals surface area contributed by atoms with Crippen molar-refractivity contribution >= 4 is 28.1 Å². The summed E-state index contributed by atoms with van der Waals surface area (Å²) in [4.78, 5) is 7.60. The quantitative estimate of drug-likeness (QED) is 0.652. The molecule has 0 bridgehead atoms. The average Bonchev–Trinajstić information content (AvgIpc) is 3.09. The van der Waals surface area contributed by atoms with Gasteiger partial charge < -0.3 is 21.7 Å². The van der Waals surface area contributed by atoms with E-state index in [1.807, 2.05) is 18.2 Å². The SMILES string of the molecule is Clc1ccc(-c2sc([NH+]3CCOCC3)nc2-c2ccccc2)cc1.[Br-]. The molecule has 130 valence electrons. The minimum Gasteiger partial charge on any atom is -1.00 e. The summed E-state index contributed by atoms with van der Waals surface area (Å²) in [5, 5.41) is 1.89. The van der Waals surface area contributed by atoms with Gasteiger partial charge in [0.1, 0.15) is 13.1 Å². The topological polar surface area (TPSA) is 26.6 Å². The van der Waals surface area contributed by atoms with E-state index in [0.29, 0.717) is 0 Å². The minimum absolute atomic E-state index is 0. The Labute approximate surface area is 167 Å². The van der Waals surface area contributed by atoms with Gasteiger partial charge in [0.25, 0.3) is 5.13 Å². The summed E-state index contributed by atoms with van der Waals surface area (Å²) in [6, 6.07) is 18.4. The maximum absolute atomic E-state index is 6.05. The van der Waals surface area contributed by atoms with E-state index < -0.39 is 0 Å². The molecular formula is C19H18BrClN2OS. The van der Waals surface area contributed by atoms with Crippen LogP contribution in [0.3, 0.4) is 0 Å². The fourth-order valence-electron chi connectivity index (χ4n) is 2.89. The largest absolute Gasteiger partial charge is 1.00 e. The summed E-state index contributed by atoms with van der Waals surface area (Å²) < 4.78 is 5.48. The van der Waals surface area contributed by atoms with Crippen LogP contribution in [0.2, 0.25) is 5.02 Å². The second-order valence-electron chi connectivity index (χ2n) is 5.79. The summed E-state index contributed by atoms with van der Waals surface area (Å²) in [5.41, 5.74) is 3.36. The van der Waals surface area contributed by atoms with Gasteiger partial charge in [-0.05, 0) is 17.7 Å². The second-order valence-corrected chi connectivity index (χ2v) is 7.22. The molecule has 0 amide bonds. The van der Waals surface area contributed by atoms with Crippen molar-refractivity contribution in [3.63, 3.8) is 0 Å². The lowest BCUT2D eigenvalue weighted by Crippen LogP contribution is -3.09. The van der Waals surface area contributed by atoms with Crippen LogP contribution in [-0.4, -0.2) is 31.3 Å². The first kappa shape index (κ1) is 18.5. The number of aromatic nitrogens is 1. The van der Waals surface area contributed by atoms with Gasteiger partial charge in [-0.25, -0.2) is 0 Å². The number of quaternary nitrogens is 1. The van der Waals surface area contributed by atoms with Crippen LogP contribution < -0.4 is 21.9 Å². The van der Waals surface area contributed by atoms with E-state index in [-0.39, 0.29) is 17.0 Å². The molecule has 2 heterocycles. The smallest absolute Gasteiger partial charge is 0.285 e. The number of nitrogens with zero attached hydrogens (tertiary/aromatic N) is 1. The number of ether oxygens (including phenoxy) is 1. The van der Waals surface area contributed by atoms with Gasteiger partial charge in [0.15, 0.2) is 0 Å². The van der Waals surface area contributed by atoms with Crippen LogP contribution in [-0.2, 0) is 4.74 Å². The highest BCUT2D eigenvalue weighted by Gasteiger charge is 2.24. The van der Waals surface area contributed by atoms with E-state index in [0.717, 1.165) is 53.3 Å². The monoisotopic (exact) mass is 436 g/mol. The van der Waals surface area contributed by atoms with Gasteiger partial charge in [0.05, 0.1) is 23.8 Å². The van der Waals surface area contributed by atoms with Crippen molar-refractivity contribution in [1.82, 2.24) is 4.98 Å². The molecule has 1 aliphatic heterocycles. The van der Waals surface area contributed by atoms with Crippen molar-refractivity contribution in [2.24, 2.45) is 0 Å². The van der Waals surface area contributed by atoms with Crippen molar-refractivity contribution in [2.45, 2.75) is 0 Å². The summed E-state index contributed by atoms with van der Waals surface area (Å²) in [6.07, 6.45) is 0. The van der Waals surface area contributed by atoms with Gasteiger partial charge in [-0.15, -0.1) is 0 Å². The highest BCUT2D eigenvalue weighted by Crippen LogP contribution is 2.38. The summed E-state index contributed by atoms with van der Waals surface area (Å²) in [7, 11) is 0. The molecule has 1 aromatic heterocycles. The number of nitrogens with one attached hydrogen (secondary N) is 1. The minimum atomic E-state index is 0. The predicted octanol–water partition coefficient (Wildman–Crippen LogP) is 0.681. The van der Waals surface area contributed by atoms with Crippen molar-refractivity contribution < 1.29 is 26.6 Å². The number of hydrogen-bond donors (Lipinski definition) is 1. The number of halogens is 2. The molecule has 0 saturated carbocycles. The maximum Gasteiger partial charge on any atom is 0.285 e. The molecule has 25 heavy (non-hydrogen) atoms. The number of morpholine rings is 1. The van der Waals surface area contributed by atoms with E-state index in [2.05, 4.69) is 36.4 Å². The third-order valence-electron chi connectivity index (χ3n) is 4.18. The molecule has 4 rings (SSSR count). The van der Waals surface area contributed by atoms with E-state index in [9.17, 15) is 0 Å². The van der Waals surface area contributed by atoms with Gasteiger partial charge in [0, 0.05) is 10.6 Å². The van der Waals surface area contributed by atoms with E-state index in [1.165, 1.54) is 9.78 Å². The van der Waals surface area contributed by atoms with E-state index >= 15 is 0 Å². The number of rotatable bonds is 3. The molecule has 3 nitrogen and oxygen atoms in total. The van der Waals surface area contributed by atoms with Gasteiger partial charge in [-0.2, -0.15) is 4.98 Å². The van der Waals surface area contributed by atoms with Crippen LogP contribution in [0.1, 0.15) is 0 Å². The summed E-state index contributed by atoms with van der Waals surface area (Å²) in [6.45, 7) is 3.54. The standard InChI is InChI=1S/C19H17ClN2OS.BrH/c20-16-8-6-15(7-9-16)18-17(14-4-2-1-3-5-14)21-19(24-18)22-10-12-23-13-11-22;/h1-9H,10-13H2;1H. The molecule has 0 spiro atoms. The van der Waals surface area contributed by atoms with Gasteiger partial charge in [0.2, 0.25) is 0 Å². The molecule has 1 N–H and O–H groups in total. The molecular weight excluding hydrogens is 420 g/mol. The predicted molar refractivity (Wildman–Crippen MR) is 99.2 cm³/mol. The lowest BCUT2D eigenvalue weighted by Gasteiger charge is -2.20. The summed E-state index contributed by atoms with van der Waals surface area (Å²) in [5.74, 6) is 0. The first-order valence-electron chi connectivity index (χ1n) is 8.06. The lowest BCUT2D eigenvalue weighted by molar-refractivity contribution is -0.841. The zero-order valence-corrected chi connectivity index (χ0v) is 16.7. The molecule has 1 saturated heterocycles. The Kier molecular flexibility index (Phi) is 6.25. The third-order valence-corrected chi connectivity index (χ3v) is 5.64. The molecule has 0 unspecified atom stereocenters. The van der Waals surface area contributed by atoms with E-state index in [1.54, 1.807) is 11.3 Å². The lowest BCUT2D eigenvalue weighted by atomic mass is 10.1. The first-order valence-corrected chi connectivity index (χ1v) is 9.26. The average molecular weight is 438 g/mol. The third kappa shape index (κ3) is 4.13. The molecule has 3 aromatic rings. The van der Waals surface area contributed by atoms with Crippen molar-refractivity contribution in [3.05, 3.63) is 59.6 Å². The number of hydrogen-bond acceptors (Lipinski definition) is 3. The van der Waals surface area contributed by atoms with Crippen molar-refractivity contribution in [3.8, 4) is 21.7 Å². The highest BCUT2D eigenvalue weighted by atomic mass is 79.9. The second kappa shape index (κ2) is 8.43. The van der Waals surface area contributed by atoms with Crippen LogP contribution in [0.5, 0.6) is 0 Å². The molecule has 1 aliphatic rings. The normalized spacial score (nSPS) is 14.9. The van der Waals surface area contributed by atoms with Gasteiger partial charge in [-0.1, -0.05) is 65.4 Å². The van der Waals surface area contributed by atoms with Gasteiger partial charge in [-0.3, -0.25) is 4.90 Å². The highest BCUT2D eigenvalue weighted by molar-refractivity contribution is 7.18. The Balaban J connectivity index is 0.00000182. The molecule has 0 aliphatic carbocycles. The molecule has 0 atom stereocenters. The van der Waals surface area contributed by atoms with Crippen LogP contribution >= 0.6 is 22.9 Å². The number of benzene rings is 2. The molecule has 2 aromatic carbocycles. The molecule has 1 fully saturated rings. The summed E-state index contributed by atoms with van der Waals surface area (Å²) >= 11 is 7.83. The Hall–Kier alpha value is -1.24. The molecule has 6 heteroatoms. The Morgan fingerprint density at radius 1 is 0.920 bits per heavy atom. The molecule has 0 radical (unpaired) electrons. The first-order chi connectivity index (χ1) is 11.8. The number of thiazole rings is 1. The van der Waals surface area contributed by atoms with Crippen LogP contribution in [0, 0.1) is 0 Å². The van der Waals surface area contributed by atoms with Crippen molar-refractivity contribution in [2.75, 3.05) is 26.3 Å². The zero-order chi connectivity index (χ0) is 16.4. The zero-order valence-electron chi connectivity index (χ0n) is 13.5. The van der Waals surface area contributed by atoms with Crippen LogP contribution in [0.15, 0.2) is 54.6 Å².